The summed E-state index contributed by atoms with van der Waals surface area (Å²) in [5, 5.41) is 33.7. The van der Waals surface area contributed by atoms with Gasteiger partial charge >= 0.3 is 0 Å². The van der Waals surface area contributed by atoms with E-state index in [-0.39, 0.29) is 40.1 Å². The minimum atomic E-state index is -0.373. The lowest BCUT2D eigenvalue weighted by atomic mass is 9.80. The molecule has 2 unspecified atom stereocenters. The van der Waals surface area contributed by atoms with Gasteiger partial charge in [-0.25, -0.2) is 10.1 Å². The first-order valence-corrected chi connectivity index (χ1v) is 24.3. The lowest BCUT2D eigenvalue weighted by Gasteiger charge is -2.51. The van der Waals surface area contributed by atoms with Crippen molar-refractivity contribution in [3.8, 4) is 17.6 Å². The SMILES string of the molecule is [C-]#[N+]/C(C#N)=C\c1ccc2c(c1)C1CCCC1N2c1ccc(C=C(c2ccc(OCCOC3CC(C)(C)N(O)C(C)(C)C3)cc2)c2ccc(OCCOC3CC(C)(C)N(O)C(C)(C)C3)cc2)cc1. The summed E-state index contributed by atoms with van der Waals surface area (Å²) in [5.41, 5.74) is 7.36. The summed E-state index contributed by atoms with van der Waals surface area (Å²) in [6.45, 7) is 25.5. The van der Waals surface area contributed by atoms with Crippen molar-refractivity contribution in [2.45, 2.75) is 147 Å². The van der Waals surface area contributed by atoms with Crippen molar-refractivity contribution in [3.05, 3.63) is 136 Å². The highest BCUT2D eigenvalue weighted by molar-refractivity contribution is 5.92. The monoisotopic (exact) mass is 920 g/mol. The molecule has 0 bridgehead atoms. The average Bonchev–Trinajstić information content (AvgIpc) is 3.90. The smallest absolute Gasteiger partial charge is 0.262 e. The summed E-state index contributed by atoms with van der Waals surface area (Å²) in [7, 11) is 0. The first kappa shape index (κ1) is 48.9. The van der Waals surface area contributed by atoms with Crippen molar-refractivity contribution in [1.29, 1.82) is 5.26 Å². The fourth-order valence-corrected chi connectivity index (χ4v) is 11.6. The minimum absolute atomic E-state index is 0.0374. The Labute approximate surface area is 403 Å². The summed E-state index contributed by atoms with van der Waals surface area (Å²) in [5.74, 6) is 1.95. The van der Waals surface area contributed by atoms with Crippen LogP contribution in [0.15, 0.2) is 96.7 Å². The fourth-order valence-electron chi connectivity index (χ4n) is 11.6. The van der Waals surface area contributed by atoms with Gasteiger partial charge in [0.25, 0.3) is 5.70 Å². The normalized spacial score (nSPS) is 22.2. The van der Waals surface area contributed by atoms with Gasteiger partial charge in [-0.2, -0.15) is 10.1 Å². The molecule has 1 saturated carbocycles. The molecule has 2 atom stereocenters. The van der Waals surface area contributed by atoms with Gasteiger partial charge in [0.1, 0.15) is 24.7 Å². The predicted molar refractivity (Wildman–Crippen MR) is 268 cm³/mol. The summed E-state index contributed by atoms with van der Waals surface area (Å²) < 4.78 is 24.9. The van der Waals surface area contributed by atoms with Crippen LogP contribution in [0.5, 0.6) is 11.5 Å². The van der Waals surface area contributed by atoms with Crippen LogP contribution >= 0.6 is 0 Å². The maximum absolute atomic E-state index is 10.7. The molecule has 4 aliphatic rings. The topological polar surface area (TPSA) is 115 Å². The third kappa shape index (κ3) is 10.7. The number of hydrogen-bond acceptors (Lipinski definition) is 10. The van der Waals surface area contributed by atoms with E-state index in [2.05, 4.69) is 76.5 Å². The van der Waals surface area contributed by atoms with E-state index in [0.717, 1.165) is 83.5 Å². The van der Waals surface area contributed by atoms with Crippen LogP contribution in [0.3, 0.4) is 0 Å². The number of ether oxygens (including phenoxy) is 4. The molecule has 3 fully saturated rings. The lowest BCUT2D eigenvalue weighted by molar-refractivity contribution is -0.261. The van der Waals surface area contributed by atoms with Crippen LogP contribution in [0.2, 0.25) is 0 Å². The van der Waals surface area contributed by atoms with Gasteiger partial charge in [0, 0.05) is 45.5 Å². The molecule has 2 saturated heterocycles. The molecule has 2 N–H and O–H groups in total. The number of piperidine rings is 2. The Bertz CT molecular complexity index is 2400. The second kappa shape index (κ2) is 19.8. The zero-order chi connectivity index (χ0) is 48.4. The third-order valence-corrected chi connectivity index (χ3v) is 14.5. The highest BCUT2D eigenvalue weighted by Crippen LogP contribution is 2.52. The molecule has 4 aromatic rings. The van der Waals surface area contributed by atoms with Crippen LogP contribution < -0.4 is 14.4 Å². The quantitative estimate of drug-likeness (QED) is 0.0517. The number of benzene rings is 4. The number of nitrogens with zero attached hydrogens (tertiary/aromatic N) is 5. The standard InChI is InChI=1S/C57H69N5O6/c1-54(2)34-47(35-55(3,4)61(54)63)67-29-27-65-45-22-16-41(17-23-45)50(42-18-24-46(25-19-42)66-28-30-68-48-36-56(5,6)62(64)57(7,8)37-48)32-39-13-20-44(21-14-39)60-52-12-10-11-49(52)51-33-40(15-26-53(51)60)31-43(38-58)59-9/h13-26,31-33,47-49,52,63-64H,10-12,27-30,34-37H2,1-8H3/b43-31-. The molecule has 3 heterocycles. The summed E-state index contributed by atoms with van der Waals surface area (Å²) in [6.07, 6.45) is 10.4. The van der Waals surface area contributed by atoms with Gasteiger partial charge in [0.2, 0.25) is 0 Å². The van der Waals surface area contributed by atoms with Crippen LogP contribution in [-0.4, -0.2) is 87.4 Å². The van der Waals surface area contributed by atoms with Crippen molar-refractivity contribution >= 4 is 29.1 Å². The van der Waals surface area contributed by atoms with E-state index in [1.54, 1.807) is 6.08 Å². The van der Waals surface area contributed by atoms with Crippen LogP contribution in [0, 0.1) is 17.9 Å². The molecule has 1 aliphatic carbocycles. The maximum Gasteiger partial charge on any atom is 0.262 e. The van der Waals surface area contributed by atoms with E-state index in [4.69, 9.17) is 25.5 Å². The van der Waals surface area contributed by atoms with E-state index in [1.165, 1.54) is 27.8 Å². The van der Waals surface area contributed by atoms with Gasteiger partial charge in [-0.3, -0.25) is 0 Å². The number of allylic oxidation sites excluding steroid dienone is 1. The second-order valence-electron chi connectivity index (χ2n) is 21.6. The summed E-state index contributed by atoms with van der Waals surface area (Å²) in [6, 6.07) is 34.0. The van der Waals surface area contributed by atoms with E-state index < -0.39 is 0 Å². The first-order valence-electron chi connectivity index (χ1n) is 24.3. The largest absolute Gasteiger partial charge is 0.491 e. The van der Waals surface area contributed by atoms with Gasteiger partial charge < -0.3 is 34.3 Å². The van der Waals surface area contributed by atoms with Crippen LogP contribution in [0.25, 0.3) is 22.6 Å². The number of hydroxylamine groups is 4. The van der Waals surface area contributed by atoms with Gasteiger partial charge in [-0.05, 0) is 182 Å². The van der Waals surface area contributed by atoms with Crippen molar-refractivity contribution in [2.24, 2.45) is 0 Å². The van der Waals surface area contributed by atoms with Gasteiger partial charge in [-0.1, -0.05) is 55.0 Å². The third-order valence-electron chi connectivity index (χ3n) is 14.5. The Kier molecular flexibility index (Phi) is 14.3. The van der Waals surface area contributed by atoms with Crippen LogP contribution in [-0.2, 0) is 9.47 Å². The second-order valence-corrected chi connectivity index (χ2v) is 21.6. The van der Waals surface area contributed by atoms with E-state index >= 15 is 0 Å². The Morgan fingerprint density at radius 1 is 0.662 bits per heavy atom. The van der Waals surface area contributed by atoms with Crippen LogP contribution in [0.4, 0.5) is 11.4 Å². The number of nitriles is 1. The maximum atomic E-state index is 10.7. The van der Waals surface area contributed by atoms with Gasteiger partial charge in [0.15, 0.2) is 0 Å². The molecule has 0 spiro atoms. The molecule has 0 amide bonds. The van der Waals surface area contributed by atoms with E-state index in [9.17, 15) is 15.7 Å². The number of anilines is 2. The molecule has 11 heteroatoms. The highest BCUT2D eigenvalue weighted by atomic mass is 16.5. The van der Waals surface area contributed by atoms with Gasteiger partial charge in [0.05, 0.1) is 38.1 Å². The van der Waals surface area contributed by atoms with Crippen LogP contribution in [0.1, 0.15) is 134 Å². The van der Waals surface area contributed by atoms with E-state index in [0.29, 0.717) is 38.4 Å². The van der Waals surface area contributed by atoms with Crippen molar-refractivity contribution in [2.75, 3.05) is 31.3 Å². The van der Waals surface area contributed by atoms with Crippen molar-refractivity contribution in [3.63, 3.8) is 0 Å². The molecule has 0 aromatic heterocycles. The zero-order valence-corrected chi connectivity index (χ0v) is 41.2. The van der Waals surface area contributed by atoms with Crippen molar-refractivity contribution < 1.29 is 29.4 Å². The predicted octanol–water partition coefficient (Wildman–Crippen LogP) is 12.5. The Morgan fingerprint density at radius 2 is 1.15 bits per heavy atom. The summed E-state index contributed by atoms with van der Waals surface area (Å²) in [4.78, 5) is 5.86. The molecular weight excluding hydrogens is 851 g/mol. The molecule has 11 nitrogen and oxygen atoms in total. The molecule has 358 valence electrons. The molecule has 0 radical (unpaired) electrons. The molecule has 3 aliphatic heterocycles. The van der Waals surface area contributed by atoms with Crippen molar-refractivity contribution in [1.82, 2.24) is 10.1 Å². The number of fused-ring (bicyclic) bond motifs is 3. The number of hydrogen-bond donors (Lipinski definition) is 2. The number of rotatable bonds is 15. The molecular formula is C57H69N5O6. The van der Waals surface area contributed by atoms with Gasteiger partial charge in [-0.15, -0.1) is 0 Å². The Morgan fingerprint density at radius 3 is 1.62 bits per heavy atom. The Hall–Kier alpha value is -5.50. The molecule has 68 heavy (non-hydrogen) atoms. The zero-order valence-electron chi connectivity index (χ0n) is 41.2. The lowest BCUT2D eigenvalue weighted by Crippen LogP contribution is -2.60. The summed E-state index contributed by atoms with van der Waals surface area (Å²) >= 11 is 0. The molecule has 8 rings (SSSR count). The Balaban J connectivity index is 0.978. The highest BCUT2D eigenvalue weighted by Gasteiger charge is 2.47. The average molecular weight is 920 g/mol. The molecule has 4 aromatic carbocycles. The fraction of sp³-hybridized carbons (Fsp3) is 0.474. The first-order chi connectivity index (χ1) is 32.4. The van der Waals surface area contributed by atoms with E-state index in [1.807, 2.05) is 91.8 Å². The minimum Gasteiger partial charge on any atom is -0.491 e.